The molecule has 5 rings (SSSR count). The summed E-state index contributed by atoms with van der Waals surface area (Å²) >= 11 is 0. The fraction of sp³-hybridized carbons (Fsp3) is 0.759. The highest BCUT2D eigenvalue weighted by Gasteiger charge is 2.54. The number of rotatable bonds is 16. The molecule has 3 fully saturated rings. The van der Waals surface area contributed by atoms with Crippen molar-refractivity contribution < 1.29 is 48.6 Å². The number of carbonyl (C=O) groups is 2. The first-order valence-corrected chi connectivity index (χ1v) is 29.6. The number of esters is 1. The van der Waals surface area contributed by atoms with Crippen LogP contribution in [0.5, 0.6) is 0 Å². The summed E-state index contributed by atoms with van der Waals surface area (Å²) in [6.45, 7) is 21.8. The lowest BCUT2D eigenvalue weighted by molar-refractivity contribution is -0.275. The third kappa shape index (κ3) is 15.1. The van der Waals surface area contributed by atoms with Gasteiger partial charge in [0.05, 0.1) is 72.2 Å². The third-order valence-electron chi connectivity index (χ3n) is 16.9. The number of cyclic esters (lactones) is 1. The Kier molecular flexibility index (Phi) is 21.6. The topological polar surface area (TPSA) is 147 Å². The molecule has 0 saturated carbocycles. The van der Waals surface area contributed by atoms with E-state index in [9.17, 15) is 24.9 Å². The van der Waals surface area contributed by atoms with E-state index >= 15 is 0 Å². The zero-order valence-corrected chi connectivity index (χ0v) is 47.1. The summed E-state index contributed by atoms with van der Waals surface area (Å²) in [6.07, 6.45) is 4.40. The molecule has 0 spiro atoms. The molecule has 12 nitrogen and oxygen atoms in total. The minimum absolute atomic E-state index is 0.0157. The summed E-state index contributed by atoms with van der Waals surface area (Å²) < 4.78 is 32.6. The minimum atomic E-state index is -1.54. The average Bonchev–Trinajstić information content (AvgIpc) is 3.32. The molecular formula is C58H96N2O10P+. The van der Waals surface area contributed by atoms with Gasteiger partial charge in [-0.05, 0) is 137 Å². The van der Waals surface area contributed by atoms with Crippen LogP contribution in [0.3, 0.4) is 0 Å². The van der Waals surface area contributed by atoms with Gasteiger partial charge in [0.25, 0.3) is 0 Å². The van der Waals surface area contributed by atoms with Gasteiger partial charge in [-0.2, -0.15) is 0 Å². The molecule has 3 N–H and O–H groups in total. The van der Waals surface area contributed by atoms with Crippen LogP contribution in [0.15, 0.2) is 60.7 Å². The number of benzene rings is 2. The second-order valence-electron chi connectivity index (χ2n) is 23.4. The van der Waals surface area contributed by atoms with Gasteiger partial charge < -0.3 is 48.8 Å². The molecular weight excluding hydrogens is 916 g/mol. The van der Waals surface area contributed by atoms with Crippen molar-refractivity contribution in [3.8, 4) is 0 Å². The van der Waals surface area contributed by atoms with Crippen LogP contribution in [0.25, 0.3) is 0 Å². The molecule has 2 aromatic carbocycles. The van der Waals surface area contributed by atoms with Crippen molar-refractivity contribution in [1.82, 2.24) is 9.80 Å². The molecule has 0 aliphatic carbocycles. The molecule has 402 valence electrons. The van der Waals surface area contributed by atoms with Gasteiger partial charge >= 0.3 is 5.97 Å². The third-order valence-corrected chi connectivity index (χ3v) is 21.0. The largest absolute Gasteiger partial charge is 0.459 e. The Hall–Kier alpha value is -2.51. The molecule has 13 heteroatoms. The summed E-state index contributed by atoms with van der Waals surface area (Å²) in [5, 5.41) is 39.5. The van der Waals surface area contributed by atoms with E-state index in [1.165, 1.54) is 10.6 Å². The summed E-state index contributed by atoms with van der Waals surface area (Å²) in [5.74, 6) is -2.58. The van der Waals surface area contributed by atoms with Crippen molar-refractivity contribution >= 4 is 29.7 Å². The zero-order valence-electron chi connectivity index (χ0n) is 46.2. The van der Waals surface area contributed by atoms with Gasteiger partial charge in [-0.25, -0.2) is 0 Å². The number of amides is 1. The Morgan fingerprint density at radius 1 is 0.831 bits per heavy atom. The number of hydrogen-bond acceptors (Lipinski definition) is 11. The zero-order chi connectivity index (χ0) is 52.5. The van der Waals surface area contributed by atoms with Gasteiger partial charge in [0, 0.05) is 50.9 Å². The lowest BCUT2D eigenvalue weighted by atomic mass is 9.68. The number of methoxy groups -OCH3 is 1. The highest BCUT2D eigenvalue weighted by Crippen LogP contribution is 2.53. The summed E-state index contributed by atoms with van der Waals surface area (Å²) in [4.78, 5) is 33.4. The van der Waals surface area contributed by atoms with E-state index < -0.39 is 90.6 Å². The summed E-state index contributed by atoms with van der Waals surface area (Å²) in [7, 11) is 4.15. The smallest absolute Gasteiger partial charge is 0.309 e. The molecule has 3 saturated heterocycles. The van der Waals surface area contributed by atoms with Crippen LogP contribution in [0.1, 0.15) is 146 Å². The van der Waals surface area contributed by atoms with E-state index in [0.717, 1.165) is 44.7 Å². The Morgan fingerprint density at radius 3 is 2.00 bits per heavy atom. The molecule has 1 amide bonds. The highest BCUT2D eigenvalue weighted by molar-refractivity contribution is 7.88. The second kappa shape index (κ2) is 25.8. The van der Waals surface area contributed by atoms with Crippen molar-refractivity contribution in [2.75, 3.05) is 40.6 Å². The number of aliphatic hydroxyl groups is 3. The number of carbonyl (C=O) groups excluding carboxylic acids is 2. The van der Waals surface area contributed by atoms with Crippen LogP contribution in [0.2, 0.25) is 0 Å². The van der Waals surface area contributed by atoms with Crippen LogP contribution in [-0.4, -0.2) is 149 Å². The number of ether oxygens (including phenoxy) is 5. The first kappa shape index (κ1) is 59.4. The molecule has 16 atom stereocenters. The maximum atomic E-state index is 14.7. The number of unbranched alkanes of at least 4 members (excludes halogenated alkanes) is 4. The van der Waals surface area contributed by atoms with Gasteiger partial charge in [-0.1, -0.05) is 76.9 Å². The standard InChI is InChI=1S/C58H96N2O10P/c1-15-49-56(8,64)36-40(3)60(50(61)31-25-17-16-18-26-32-71(14,46-27-21-19-22-28-46)47-29-23-20-24-30-47)38-39(2)35-57(9,65)54(70-51-34-45(59(11)12)33-41(4)67-51)42(5)52(43(6)55(63)69-49)48-37-58(10,66-13)53(62)44(7)68-48/h19-24,27-30,39-45,48-49,51-54,62,64-65H,15-18,25-26,31-38H2,1-14H3/q+1/t39-,40-,41-,42+,43-,44+,45+,48-,49-,51+,52?,53+,54-,56+,57-,58-/m1/s1. The van der Waals surface area contributed by atoms with E-state index in [4.69, 9.17) is 23.7 Å². The van der Waals surface area contributed by atoms with E-state index in [-0.39, 0.29) is 43.2 Å². The first-order valence-electron chi connectivity index (χ1n) is 27.1. The Balaban J connectivity index is 1.40. The van der Waals surface area contributed by atoms with Crippen molar-refractivity contribution in [3.63, 3.8) is 0 Å². The molecule has 0 bridgehead atoms. The van der Waals surface area contributed by atoms with Crippen molar-refractivity contribution in [2.24, 2.45) is 23.7 Å². The van der Waals surface area contributed by atoms with Crippen molar-refractivity contribution in [3.05, 3.63) is 60.7 Å². The average molecular weight is 1010 g/mol. The van der Waals surface area contributed by atoms with Gasteiger partial charge in [0.2, 0.25) is 5.91 Å². The first-order chi connectivity index (χ1) is 33.4. The molecule has 3 heterocycles. The quantitative estimate of drug-likeness (QED) is 0.0843. The van der Waals surface area contributed by atoms with Crippen LogP contribution in [-0.2, 0) is 33.3 Å². The molecule has 2 aromatic rings. The predicted molar refractivity (Wildman–Crippen MR) is 287 cm³/mol. The fourth-order valence-corrected chi connectivity index (χ4v) is 16.0. The fourth-order valence-electron chi connectivity index (χ4n) is 12.7. The van der Waals surface area contributed by atoms with Crippen LogP contribution >= 0.6 is 7.26 Å². The summed E-state index contributed by atoms with van der Waals surface area (Å²) in [6, 6.07) is 21.7. The number of hydrogen-bond donors (Lipinski definition) is 3. The Bertz CT molecular complexity index is 1900. The minimum Gasteiger partial charge on any atom is -0.459 e. The number of nitrogens with zero attached hydrogens (tertiary/aromatic N) is 2. The monoisotopic (exact) mass is 1010 g/mol. The van der Waals surface area contributed by atoms with E-state index in [1.54, 1.807) is 14.0 Å². The highest BCUT2D eigenvalue weighted by atomic mass is 31.2. The van der Waals surface area contributed by atoms with Crippen LogP contribution in [0, 0.1) is 23.7 Å². The van der Waals surface area contributed by atoms with Gasteiger partial charge in [0.1, 0.15) is 17.8 Å². The molecule has 71 heavy (non-hydrogen) atoms. The maximum Gasteiger partial charge on any atom is 0.309 e. The van der Waals surface area contributed by atoms with Crippen LogP contribution in [0.4, 0.5) is 0 Å². The number of aliphatic hydroxyl groups excluding tert-OH is 1. The van der Waals surface area contributed by atoms with Gasteiger partial charge in [-0.15, -0.1) is 0 Å². The van der Waals surface area contributed by atoms with Gasteiger partial charge in [0.15, 0.2) is 6.29 Å². The predicted octanol–water partition coefficient (Wildman–Crippen LogP) is 8.77. The molecule has 0 aromatic heterocycles. The lowest BCUT2D eigenvalue weighted by Crippen LogP contribution is -2.60. The van der Waals surface area contributed by atoms with E-state index in [2.05, 4.69) is 93.2 Å². The van der Waals surface area contributed by atoms with Gasteiger partial charge in [-0.3, -0.25) is 9.59 Å². The van der Waals surface area contributed by atoms with Crippen molar-refractivity contribution in [2.45, 2.75) is 218 Å². The lowest BCUT2D eigenvalue weighted by Gasteiger charge is -2.51. The normalized spacial score (nSPS) is 37.2. The Morgan fingerprint density at radius 2 is 1.42 bits per heavy atom. The van der Waals surface area contributed by atoms with E-state index in [0.29, 0.717) is 25.8 Å². The molecule has 0 radical (unpaired) electrons. The SMILES string of the molecule is CC[C@H]1OC(=O)[C@H](C)C([C@H]2C[C@@](C)(OC)[C@@H](O)[C@H](C)O2)[C@H](C)[C@@H](O[C@H]2C[C@@H](N(C)C)C[C@@H](C)O2)[C@](C)(O)C[C@@H](C)CN(C(=O)CCCCCCC[P+](C)(c2ccccc2)c2ccccc2)[C@H](C)C[C@]1(C)O. The van der Waals surface area contributed by atoms with Crippen LogP contribution < -0.4 is 10.6 Å². The van der Waals surface area contributed by atoms with Crippen molar-refractivity contribution in [1.29, 1.82) is 0 Å². The van der Waals surface area contributed by atoms with E-state index in [1.807, 2.05) is 60.3 Å². The second-order valence-corrected chi connectivity index (χ2v) is 27.2. The Labute approximate surface area is 429 Å². The molecule has 1 unspecified atom stereocenters. The summed E-state index contributed by atoms with van der Waals surface area (Å²) in [5.41, 5.74) is -3.92. The maximum absolute atomic E-state index is 14.7. The molecule has 3 aliphatic rings. The molecule has 3 aliphatic heterocycles.